The maximum Gasteiger partial charge on any atom is 0.248 e. The maximum atomic E-state index is 14.3. The van der Waals surface area contributed by atoms with Crippen LogP contribution in [0.1, 0.15) is 122 Å². The molecule has 0 aromatic heterocycles. The van der Waals surface area contributed by atoms with Crippen LogP contribution in [0.3, 0.4) is 0 Å². The van der Waals surface area contributed by atoms with Gasteiger partial charge in [-0.1, -0.05) is 85.7 Å². The van der Waals surface area contributed by atoms with Crippen LogP contribution < -0.4 is 31.9 Å². The van der Waals surface area contributed by atoms with E-state index in [1.807, 2.05) is 48.5 Å². The van der Waals surface area contributed by atoms with Gasteiger partial charge in [0, 0.05) is 55.3 Å². The van der Waals surface area contributed by atoms with Crippen LogP contribution in [-0.2, 0) is 64.0 Å². The highest BCUT2D eigenvalue weighted by molar-refractivity contribution is 5.98. The van der Waals surface area contributed by atoms with Crippen LogP contribution in [0, 0.1) is 23.7 Å². The Morgan fingerprint density at radius 2 is 0.976 bits per heavy atom. The van der Waals surface area contributed by atoms with Crippen molar-refractivity contribution in [2.75, 3.05) is 55.4 Å². The van der Waals surface area contributed by atoms with E-state index in [-0.39, 0.29) is 49.3 Å². The molecule has 0 fully saturated rings. The summed E-state index contributed by atoms with van der Waals surface area (Å²) >= 11 is 0. The van der Waals surface area contributed by atoms with E-state index in [1.54, 1.807) is 58.2 Å². The van der Waals surface area contributed by atoms with E-state index >= 15 is 0 Å². The summed E-state index contributed by atoms with van der Waals surface area (Å²) in [6.45, 7) is 23.5. The summed E-state index contributed by atoms with van der Waals surface area (Å²) in [5.41, 5.74) is 0.663. The fraction of sp³-hybridized carbons (Fsp3) is 0.695. The molecule has 0 aliphatic heterocycles. The zero-order valence-electron chi connectivity index (χ0n) is 53.4. The lowest BCUT2D eigenvalue weighted by Gasteiger charge is -2.36. The summed E-state index contributed by atoms with van der Waals surface area (Å²) in [6.07, 6.45) is -0.331. The highest BCUT2D eigenvalue weighted by Gasteiger charge is 2.40. The molecule has 0 bridgehead atoms. The van der Waals surface area contributed by atoms with Crippen molar-refractivity contribution in [3.63, 3.8) is 0 Å². The number of nitrogens with zero attached hydrogens (tertiary/aromatic N) is 6. The molecule has 25 heteroatoms. The predicted octanol–water partition coefficient (Wildman–Crippen LogP) is 0.267. The Hall–Kier alpha value is -7.18. The molecular weight excluding hydrogens is 1080 g/mol. The molecule has 0 aliphatic rings. The van der Waals surface area contributed by atoms with Crippen molar-refractivity contribution in [1.29, 1.82) is 0 Å². The van der Waals surface area contributed by atoms with Gasteiger partial charge in [0.2, 0.25) is 71.4 Å². The summed E-state index contributed by atoms with van der Waals surface area (Å²) in [7, 11) is 8.69. The summed E-state index contributed by atoms with van der Waals surface area (Å²) < 4.78 is 0. The van der Waals surface area contributed by atoms with Crippen molar-refractivity contribution in [2.24, 2.45) is 23.7 Å². The lowest BCUT2D eigenvalue weighted by molar-refractivity contribution is -0.150. The lowest BCUT2D eigenvalue weighted by Crippen LogP contribution is -2.60. The largest absolute Gasteiger partial charge is 0.391 e. The van der Waals surface area contributed by atoms with Crippen LogP contribution in [0.4, 0.5) is 0 Å². The van der Waals surface area contributed by atoms with Gasteiger partial charge in [-0.25, -0.2) is 0 Å². The standard InChI is InChI=1S/C59H100N12O13/c1-21-66(15)58(83)46(29-35(6)7)70(19)56(81)40(13)68(17)54(79)38(11)63-51(76)43(27-33(2)3)65-52(77)45(28-34(4)5)69(18)55(80)39(12)62-50(75)37(10)61-53(78)49(36(8)9)71(20)57(82)44(30-42-25-23-22-24-26-42)64-47(74)31-67(16)59(84)48(41(14)73)60-32-72/h22-26,32-41,43-46,48-49,73H,21,27-31H2,1-20H3,(H,60,72)(H,61,78)(H,62,75)(H,63,76)(H,64,74)(H,65,77)/t37-,38-,39-,40+,41+,43-,44-,45-,46-,48-,49-/m0/s1. The zero-order chi connectivity index (χ0) is 64.8. The summed E-state index contributed by atoms with van der Waals surface area (Å²) in [6, 6.07) is -2.73. The molecule has 0 unspecified atom stereocenters. The predicted molar refractivity (Wildman–Crippen MR) is 318 cm³/mol. The molecule has 0 saturated heterocycles. The normalized spacial score (nSPS) is 15.2. The topological polar surface area (TPSA) is 317 Å². The van der Waals surface area contributed by atoms with E-state index in [4.69, 9.17) is 0 Å². The first-order chi connectivity index (χ1) is 38.9. The summed E-state index contributed by atoms with van der Waals surface area (Å²) in [5, 5.41) is 25.6. The van der Waals surface area contributed by atoms with Crippen LogP contribution in [0.15, 0.2) is 30.3 Å². The minimum atomic E-state index is -1.33. The second kappa shape index (κ2) is 35.2. The summed E-state index contributed by atoms with van der Waals surface area (Å²) in [4.78, 5) is 170. The van der Waals surface area contributed by atoms with E-state index < -0.39 is 138 Å². The first-order valence-corrected chi connectivity index (χ1v) is 28.9. The molecule has 474 valence electrons. The Morgan fingerprint density at radius 1 is 0.488 bits per heavy atom. The third-order valence-electron chi connectivity index (χ3n) is 14.6. The van der Waals surface area contributed by atoms with Gasteiger partial charge in [0.1, 0.15) is 60.4 Å². The third-order valence-corrected chi connectivity index (χ3v) is 14.6. The van der Waals surface area contributed by atoms with E-state index in [2.05, 4.69) is 31.9 Å². The van der Waals surface area contributed by atoms with Crippen molar-refractivity contribution in [1.82, 2.24) is 61.3 Å². The van der Waals surface area contributed by atoms with Crippen molar-refractivity contribution in [3.05, 3.63) is 35.9 Å². The van der Waals surface area contributed by atoms with Gasteiger partial charge in [0.15, 0.2) is 0 Å². The molecular formula is C59H100N12O13. The molecule has 0 saturated carbocycles. The number of rotatable bonds is 34. The molecule has 1 aromatic rings. The average Bonchev–Trinajstić information content (AvgIpc) is 3.44. The quantitative estimate of drug-likeness (QED) is 0.0457. The molecule has 12 amide bonds. The van der Waals surface area contributed by atoms with Gasteiger partial charge < -0.3 is 66.4 Å². The monoisotopic (exact) mass is 1180 g/mol. The fourth-order valence-corrected chi connectivity index (χ4v) is 9.47. The van der Waals surface area contributed by atoms with Crippen LogP contribution in [-0.4, -0.2) is 228 Å². The number of nitrogens with one attached hydrogen (secondary N) is 6. The molecule has 0 radical (unpaired) electrons. The Bertz CT molecular complexity index is 2410. The molecule has 0 heterocycles. The second-order valence-corrected chi connectivity index (χ2v) is 23.7. The Morgan fingerprint density at radius 3 is 1.46 bits per heavy atom. The number of aliphatic hydroxyl groups excluding tert-OH is 1. The molecule has 1 aromatic carbocycles. The molecule has 0 spiro atoms. The number of hydrogen-bond donors (Lipinski definition) is 7. The Kier molecular flexibility index (Phi) is 31.4. The Labute approximate surface area is 497 Å². The van der Waals surface area contributed by atoms with Crippen LogP contribution in [0.25, 0.3) is 0 Å². The summed E-state index contributed by atoms with van der Waals surface area (Å²) in [5.74, 6) is -7.69. The van der Waals surface area contributed by atoms with Gasteiger partial charge in [0.05, 0.1) is 12.6 Å². The second-order valence-electron chi connectivity index (χ2n) is 23.7. The minimum Gasteiger partial charge on any atom is -0.391 e. The highest BCUT2D eigenvalue weighted by atomic mass is 16.3. The number of benzene rings is 1. The molecule has 84 heavy (non-hydrogen) atoms. The van der Waals surface area contributed by atoms with Crippen molar-refractivity contribution in [3.8, 4) is 0 Å². The van der Waals surface area contributed by atoms with E-state index in [0.717, 1.165) is 9.80 Å². The minimum absolute atomic E-state index is 0.0120. The van der Waals surface area contributed by atoms with Crippen LogP contribution in [0.2, 0.25) is 0 Å². The van der Waals surface area contributed by atoms with Gasteiger partial charge in [-0.2, -0.15) is 0 Å². The number of amides is 12. The van der Waals surface area contributed by atoms with Crippen molar-refractivity contribution >= 4 is 71.4 Å². The van der Waals surface area contributed by atoms with Crippen LogP contribution in [0.5, 0.6) is 0 Å². The smallest absolute Gasteiger partial charge is 0.248 e. The first-order valence-electron chi connectivity index (χ1n) is 28.9. The molecule has 7 N–H and O–H groups in total. The number of aliphatic hydroxyl groups is 1. The van der Waals surface area contributed by atoms with Crippen molar-refractivity contribution in [2.45, 2.75) is 189 Å². The van der Waals surface area contributed by atoms with Gasteiger partial charge in [0.25, 0.3) is 0 Å². The number of hydrogen-bond acceptors (Lipinski definition) is 13. The number of likely N-dealkylation sites (N-methyl/N-ethyl adjacent to an activating group) is 6. The average molecular weight is 1190 g/mol. The van der Waals surface area contributed by atoms with E-state index in [9.17, 15) is 62.6 Å². The fourth-order valence-electron chi connectivity index (χ4n) is 9.47. The number of carbonyl (C=O) groups excluding carboxylic acids is 12. The van der Waals surface area contributed by atoms with Gasteiger partial charge in [-0.05, 0) is 90.0 Å². The maximum absolute atomic E-state index is 14.3. The third kappa shape index (κ3) is 22.8. The van der Waals surface area contributed by atoms with Gasteiger partial charge in [-0.15, -0.1) is 0 Å². The van der Waals surface area contributed by atoms with Gasteiger partial charge >= 0.3 is 0 Å². The first kappa shape index (κ1) is 74.8. The zero-order valence-corrected chi connectivity index (χ0v) is 53.4. The lowest BCUT2D eigenvalue weighted by atomic mass is 9.98. The molecule has 11 atom stereocenters. The van der Waals surface area contributed by atoms with Crippen LogP contribution >= 0.6 is 0 Å². The highest BCUT2D eigenvalue weighted by Crippen LogP contribution is 2.19. The number of carbonyl (C=O) groups is 12. The van der Waals surface area contributed by atoms with E-state index in [1.165, 1.54) is 82.5 Å². The molecule has 0 aliphatic carbocycles. The van der Waals surface area contributed by atoms with Gasteiger partial charge in [-0.3, -0.25) is 57.5 Å². The van der Waals surface area contributed by atoms with Crippen molar-refractivity contribution < 1.29 is 62.6 Å². The molecule has 25 nitrogen and oxygen atoms in total. The molecule has 1 rings (SSSR count). The Balaban J connectivity index is 3.27. The van der Waals surface area contributed by atoms with E-state index in [0.29, 0.717) is 18.5 Å². The SMILES string of the molecule is CCN(C)C(=O)[C@H](CC(C)C)N(C)C(=O)[C@@H](C)N(C)C(=O)[C@H](C)NC(=O)[C@H](CC(C)C)NC(=O)[C@H](CC(C)C)N(C)C(=O)[C@H](C)NC(=O)[C@H](C)NC(=O)[C@H](C(C)C)N(C)C(=O)[C@H](Cc1ccccc1)NC(=O)CN(C)C(=O)[C@@H](NC=O)[C@@H](C)O.